The summed E-state index contributed by atoms with van der Waals surface area (Å²) in [5, 5.41) is 4.82. The number of rotatable bonds is 12. The van der Waals surface area contributed by atoms with Gasteiger partial charge in [-0.25, -0.2) is 0 Å². The van der Waals surface area contributed by atoms with Gasteiger partial charge < -0.3 is 19.1 Å². The topological polar surface area (TPSA) is 124 Å². The molecule has 1 fully saturated rings. The molecule has 3 aromatic rings. The third kappa shape index (κ3) is 9.41. The first-order valence-corrected chi connectivity index (χ1v) is 18.4. The van der Waals surface area contributed by atoms with Gasteiger partial charge in [-0.1, -0.05) is 36.7 Å². The maximum absolute atomic E-state index is 13.5. The average Bonchev–Trinajstić information content (AvgIpc) is 3.47. The number of carbonyl (C=O) groups excluding carboxylic acids is 2. The van der Waals surface area contributed by atoms with Gasteiger partial charge in [-0.2, -0.15) is 0 Å². The lowest BCUT2D eigenvalue weighted by molar-refractivity contribution is 0.0133. The molecular formula is C37H47ClN5O6S+. The van der Waals surface area contributed by atoms with Gasteiger partial charge in [0.05, 0.1) is 25.5 Å². The first-order valence-electron chi connectivity index (χ1n) is 17.1. The molecule has 0 saturated heterocycles. The zero-order valence-electron chi connectivity index (χ0n) is 29.2. The zero-order chi connectivity index (χ0) is 35.6. The van der Waals surface area contributed by atoms with Crippen molar-refractivity contribution in [2.24, 2.45) is 24.8 Å². The number of fused-ring (bicyclic) bond motifs is 2. The van der Waals surface area contributed by atoms with Crippen LogP contribution in [-0.2, 0) is 40.6 Å². The molecule has 1 aromatic heterocycles. The molecule has 2 aliphatic rings. The minimum atomic E-state index is -0.546. The van der Waals surface area contributed by atoms with E-state index in [9.17, 15) is 13.8 Å². The van der Waals surface area contributed by atoms with Crippen molar-refractivity contribution in [1.82, 2.24) is 20.6 Å². The van der Waals surface area contributed by atoms with Crippen LogP contribution in [0.2, 0.25) is 5.02 Å². The van der Waals surface area contributed by atoms with E-state index in [1.165, 1.54) is 29.1 Å². The van der Waals surface area contributed by atoms with Crippen molar-refractivity contribution < 1.29 is 28.0 Å². The van der Waals surface area contributed by atoms with Crippen molar-refractivity contribution >= 4 is 40.8 Å². The Morgan fingerprint density at radius 2 is 1.94 bits per heavy atom. The van der Waals surface area contributed by atoms with Gasteiger partial charge in [0.2, 0.25) is 11.6 Å². The number of halogens is 1. The summed E-state index contributed by atoms with van der Waals surface area (Å²) in [6.07, 6.45) is 11.4. The third-order valence-corrected chi connectivity index (χ3v) is 10.5. The lowest BCUT2D eigenvalue weighted by atomic mass is 9.70. The summed E-state index contributed by atoms with van der Waals surface area (Å²) in [5.74, 6) is 1.39. The van der Waals surface area contributed by atoms with Crippen LogP contribution in [0.3, 0.4) is 0 Å². The number of carbonyl (C=O) groups is 2. The van der Waals surface area contributed by atoms with Gasteiger partial charge >= 0.3 is 11.7 Å². The number of ether oxygens (including phenoxy) is 3. The van der Waals surface area contributed by atoms with E-state index in [1.807, 2.05) is 18.2 Å². The van der Waals surface area contributed by atoms with Gasteiger partial charge in [-0.05, 0) is 91.8 Å². The van der Waals surface area contributed by atoms with E-state index in [4.69, 9.17) is 25.8 Å². The minimum Gasteiger partial charge on any atom is -0.491 e. The SMILES string of the molecule is COc1nn(C)cc1C(=O)NNC(=O)c1ccc2c(c1)N(C[C@@H]1CC[C@H]1[C@H](/C=C/C[C@H](C)C[S+]=O)OC)Cc1ccc(Cl)cc1CCCCO2. The van der Waals surface area contributed by atoms with E-state index in [0.29, 0.717) is 64.7 Å². The molecular weight excluding hydrogens is 678 g/mol. The van der Waals surface area contributed by atoms with Crippen LogP contribution in [0.15, 0.2) is 54.7 Å². The first-order chi connectivity index (χ1) is 24.2. The van der Waals surface area contributed by atoms with Crippen LogP contribution < -0.4 is 25.2 Å². The van der Waals surface area contributed by atoms with Crippen molar-refractivity contribution in [3.8, 4) is 11.6 Å². The number of methoxy groups -OCH3 is 2. The Morgan fingerprint density at radius 3 is 2.68 bits per heavy atom. The largest absolute Gasteiger partial charge is 0.491 e. The molecule has 0 bridgehead atoms. The molecule has 11 nitrogen and oxygen atoms in total. The number of allylic oxidation sites excluding steroid dienone is 1. The predicted octanol–water partition coefficient (Wildman–Crippen LogP) is 5.93. The molecule has 2 N–H and O–H groups in total. The van der Waals surface area contributed by atoms with Crippen LogP contribution in [0.4, 0.5) is 5.69 Å². The Labute approximate surface area is 303 Å². The summed E-state index contributed by atoms with van der Waals surface area (Å²) in [6, 6.07) is 11.5. The number of hydrogen-bond donors (Lipinski definition) is 2. The highest BCUT2D eigenvalue weighted by molar-refractivity contribution is 7.65. The van der Waals surface area contributed by atoms with Gasteiger partial charge in [-0.15, -0.1) is 5.10 Å². The van der Waals surface area contributed by atoms with E-state index in [-0.39, 0.29) is 17.5 Å². The molecule has 0 spiro atoms. The van der Waals surface area contributed by atoms with Crippen LogP contribution in [-0.4, -0.2) is 60.8 Å². The Kier molecular flexibility index (Phi) is 13.2. The van der Waals surface area contributed by atoms with Crippen molar-refractivity contribution in [3.63, 3.8) is 0 Å². The lowest BCUT2D eigenvalue weighted by Crippen LogP contribution is -2.43. The van der Waals surface area contributed by atoms with Crippen LogP contribution in [0.1, 0.15) is 70.9 Å². The van der Waals surface area contributed by atoms with Crippen LogP contribution in [0.25, 0.3) is 0 Å². The molecule has 0 unspecified atom stereocenters. The molecule has 2 aromatic carbocycles. The summed E-state index contributed by atoms with van der Waals surface area (Å²) in [5.41, 5.74) is 8.79. The van der Waals surface area contributed by atoms with Gasteiger partial charge in [0.1, 0.15) is 11.3 Å². The second kappa shape index (κ2) is 17.8. The standard InChI is InChI=1S/C37H46ClN5O6S/c1-24(23-50-46)8-7-10-33(47-3)30-15-12-28(30)21-43-20-27-11-14-29(38)18-25(27)9-5-6-17-49-34-16-13-26(19-32(34)43)35(44)39-40-36(45)31-22-42(2)41-37(31)48-4/h7,10-11,13-14,16,18-19,22,24,28,30,33H,5-6,8-9,12,15,17,20-21,23H2,1-4H3,(H-,39,40,44,45)/p+1/b10-7+/t24-,28-,30+,33-/m0/s1. The number of benzene rings is 2. The number of anilines is 1. The maximum Gasteiger partial charge on any atom is 0.458 e. The average molecular weight is 725 g/mol. The van der Waals surface area contributed by atoms with Crippen LogP contribution >= 0.6 is 11.6 Å². The molecule has 5 rings (SSSR count). The molecule has 2 heterocycles. The molecule has 13 heteroatoms. The van der Waals surface area contributed by atoms with Gasteiger partial charge in [0, 0.05) is 54.2 Å². The summed E-state index contributed by atoms with van der Waals surface area (Å²) >= 11 is 7.09. The van der Waals surface area contributed by atoms with Crippen molar-refractivity contribution in [1.29, 1.82) is 0 Å². The Bertz CT molecular complexity index is 1680. The van der Waals surface area contributed by atoms with E-state index < -0.39 is 11.8 Å². The highest BCUT2D eigenvalue weighted by Gasteiger charge is 2.38. The molecule has 1 saturated carbocycles. The number of nitrogens with one attached hydrogen (secondary N) is 2. The fourth-order valence-corrected chi connectivity index (χ4v) is 7.22. The van der Waals surface area contributed by atoms with Crippen molar-refractivity contribution in [2.45, 2.75) is 58.1 Å². The van der Waals surface area contributed by atoms with Crippen LogP contribution in [0.5, 0.6) is 11.6 Å². The Balaban J connectivity index is 1.41. The molecule has 4 atom stereocenters. The summed E-state index contributed by atoms with van der Waals surface area (Å²) in [6.45, 7) is 3.95. The third-order valence-electron chi connectivity index (χ3n) is 9.55. The highest BCUT2D eigenvalue weighted by Crippen LogP contribution is 2.42. The molecule has 268 valence electrons. The monoisotopic (exact) mass is 724 g/mol. The summed E-state index contributed by atoms with van der Waals surface area (Å²) in [7, 11) is 4.87. The van der Waals surface area contributed by atoms with Crippen molar-refractivity contribution in [2.75, 3.05) is 38.0 Å². The van der Waals surface area contributed by atoms with E-state index in [0.717, 1.165) is 50.8 Å². The fraction of sp³-hybridized carbons (Fsp3) is 0.486. The summed E-state index contributed by atoms with van der Waals surface area (Å²) in [4.78, 5) is 28.6. The van der Waals surface area contributed by atoms with Gasteiger partial charge in [0.25, 0.3) is 11.8 Å². The van der Waals surface area contributed by atoms with Crippen molar-refractivity contribution in [3.05, 3.63) is 82.0 Å². The number of hydrogen-bond acceptors (Lipinski definition) is 8. The molecule has 1 aliphatic heterocycles. The minimum absolute atomic E-state index is 0.0363. The maximum atomic E-state index is 13.5. The van der Waals surface area contributed by atoms with E-state index in [1.54, 1.807) is 20.2 Å². The predicted molar refractivity (Wildman–Crippen MR) is 195 cm³/mol. The molecule has 0 radical (unpaired) electrons. The molecule has 2 amide bonds. The number of nitrogens with zero attached hydrogens (tertiary/aromatic N) is 3. The number of hydrazine groups is 1. The lowest BCUT2D eigenvalue weighted by Gasteiger charge is -2.43. The van der Waals surface area contributed by atoms with E-state index >= 15 is 0 Å². The zero-order valence-corrected chi connectivity index (χ0v) is 30.7. The van der Waals surface area contributed by atoms with E-state index in [2.05, 4.69) is 52.1 Å². The van der Waals surface area contributed by atoms with Gasteiger partial charge in [0.15, 0.2) is 0 Å². The molecule has 1 aliphatic carbocycles. The normalized spacial score (nSPS) is 18.8. The highest BCUT2D eigenvalue weighted by atomic mass is 35.5. The van der Waals surface area contributed by atoms with Gasteiger partial charge in [-0.3, -0.25) is 25.1 Å². The number of aromatic nitrogens is 2. The Hall–Kier alpha value is -4.00. The fourth-order valence-electron chi connectivity index (χ4n) is 6.65. The molecule has 50 heavy (non-hydrogen) atoms. The second-order valence-electron chi connectivity index (χ2n) is 13.2. The number of aryl methyl sites for hydroxylation is 2. The second-order valence-corrected chi connectivity index (χ2v) is 14.2. The quantitative estimate of drug-likeness (QED) is 0.134. The first kappa shape index (κ1) is 37.3. The van der Waals surface area contributed by atoms with Crippen LogP contribution in [0, 0.1) is 17.8 Å². The Morgan fingerprint density at radius 1 is 1.12 bits per heavy atom. The summed E-state index contributed by atoms with van der Waals surface area (Å²) < 4.78 is 30.0. The number of amides is 2. The smallest absolute Gasteiger partial charge is 0.458 e.